The molecule has 4 nitrogen and oxygen atoms in total. The Morgan fingerprint density at radius 2 is 1.56 bits per heavy atom. The van der Waals surface area contributed by atoms with Crippen LogP contribution < -0.4 is 14.2 Å². The van der Waals surface area contributed by atoms with Gasteiger partial charge in [0.25, 0.3) is 0 Å². The number of benzene rings is 3. The van der Waals surface area contributed by atoms with Crippen LogP contribution in [0.5, 0.6) is 17.2 Å². The van der Waals surface area contributed by atoms with Crippen LogP contribution in [-0.2, 0) is 0 Å². The lowest BCUT2D eigenvalue weighted by Gasteiger charge is -2.12. The molecule has 0 N–H and O–H groups in total. The third-order valence-corrected chi connectivity index (χ3v) is 4.37. The van der Waals surface area contributed by atoms with Crippen LogP contribution >= 0.6 is 15.9 Å². The molecule has 0 aromatic heterocycles. The van der Waals surface area contributed by atoms with Crippen LogP contribution in [0.15, 0.2) is 77.3 Å². The highest BCUT2D eigenvalue weighted by atomic mass is 79.9. The molecule has 0 heterocycles. The van der Waals surface area contributed by atoms with Crippen molar-refractivity contribution in [3.05, 3.63) is 88.4 Å². The number of halogens is 1. The predicted molar refractivity (Wildman–Crippen MR) is 108 cm³/mol. The molecule has 0 radical (unpaired) electrons. The number of ether oxygens (including phenoxy) is 3. The lowest BCUT2D eigenvalue weighted by Crippen LogP contribution is -2.14. The van der Waals surface area contributed by atoms with Crippen molar-refractivity contribution in [3.63, 3.8) is 0 Å². The first kappa shape index (κ1) is 19.0. The Kier molecular flexibility index (Phi) is 6.49. The maximum atomic E-state index is 12.6. The van der Waals surface area contributed by atoms with Gasteiger partial charge >= 0.3 is 5.97 Å². The zero-order valence-electron chi connectivity index (χ0n) is 14.9. The highest BCUT2D eigenvalue weighted by Gasteiger charge is 2.16. The zero-order chi connectivity index (χ0) is 19.1. The standard InChI is InChI=1S/C22H19BrO4/c1-16-11-12-21(19(23)15-16)27-22(24)18-9-5-6-10-20(18)26-14-13-25-17-7-3-2-4-8-17/h2-12,15H,13-14H2,1H3. The SMILES string of the molecule is Cc1ccc(OC(=O)c2ccccc2OCCOc2ccccc2)c(Br)c1. The molecule has 0 unspecified atom stereocenters. The summed E-state index contributed by atoms with van der Waals surface area (Å²) >= 11 is 3.42. The van der Waals surface area contributed by atoms with Crippen LogP contribution in [-0.4, -0.2) is 19.2 Å². The molecule has 0 amide bonds. The van der Waals surface area contributed by atoms with Gasteiger partial charge in [-0.05, 0) is 64.8 Å². The van der Waals surface area contributed by atoms with Crippen molar-refractivity contribution in [2.75, 3.05) is 13.2 Å². The van der Waals surface area contributed by atoms with E-state index < -0.39 is 5.97 Å². The van der Waals surface area contributed by atoms with Gasteiger partial charge < -0.3 is 14.2 Å². The van der Waals surface area contributed by atoms with E-state index in [1.165, 1.54) is 0 Å². The molecule has 0 saturated heterocycles. The van der Waals surface area contributed by atoms with E-state index in [0.29, 0.717) is 30.3 Å². The average Bonchev–Trinajstić information content (AvgIpc) is 2.68. The minimum Gasteiger partial charge on any atom is -0.490 e. The Morgan fingerprint density at radius 1 is 0.852 bits per heavy atom. The molecule has 5 heteroatoms. The normalized spacial score (nSPS) is 10.3. The van der Waals surface area contributed by atoms with Crippen LogP contribution in [0, 0.1) is 6.92 Å². The van der Waals surface area contributed by atoms with Crippen LogP contribution in [0.3, 0.4) is 0 Å². The van der Waals surface area contributed by atoms with Crippen LogP contribution in [0.2, 0.25) is 0 Å². The first-order valence-electron chi connectivity index (χ1n) is 8.51. The van der Waals surface area contributed by atoms with Crippen molar-refractivity contribution >= 4 is 21.9 Å². The number of para-hydroxylation sites is 2. The van der Waals surface area contributed by atoms with E-state index >= 15 is 0 Å². The first-order valence-corrected chi connectivity index (χ1v) is 9.31. The summed E-state index contributed by atoms with van der Waals surface area (Å²) in [4.78, 5) is 12.6. The van der Waals surface area contributed by atoms with Gasteiger partial charge in [0.1, 0.15) is 36.0 Å². The number of aryl methyl sites for hydroxylation is 1. The molecule has 0 bridgehead atoms. The molecule has 0 fully saturated rings. The molecule has 138 valence electrons. The quantitative estimate of drug-likeness (QED) is 0.286. The summed E-state index contributed by atoms with van der Waals surface area (Å²) < 4.78 is 17.6. The smallest absolute Gasteiger partial charge is 0.347 e. The van der Waals surface area contributed by atoms with E-state index in [2.05, 4.69) is 15.9 Å². The van der Waals surface area contributed by atoms with Gasteiger partial charge in [0.2, 0.25) is 0 Å². The van der Waals surface area contributed by atoms with Crippen molar-refractivity contribution in [1.82, 2.24) is 0 Å². The molecule has 0 aliphatic carbocycles. The molecule has 3 aromatic rings. The molecule has 0 saturated carbocycles. The fraction of sp³-hybridized carbons (Fsp3) is 0.136. The number of rotatable bonds is 7. The number of carbonyl (C=O) groups excluding carboxylic acids is 1. The van der Waals surface area contributed by atoms with E-state index in [1.807, 2.05) is 55.5 Å². The summed E-state index contributed by atoms with van der Waals surface area (Å²) in [5.41, 5.74) is 1.44. The maximum absolute atomic E-state index is 12.6. The van der Waals surface area contributed by atoms with Gasteiger partial charge in [-0.2, -0.15) is 0 Å². The molecule has 0 spiro atoms. The topological polar surface area (TPSA) is 44.8 Å². The van der Waals surface area contributed by atoms with Gasteiger partial charge in [-0.1, -0.05) is 36.4 Å². The summed E-state index contributed by atoms with van der Waals surface area (Å²) in [6.07, 6.45) is 0. The molecular weight excluding hydrogens is 408 g/mol. The second kappa shape index (κ2) is 9.24. The molecular formula is C22H19BrO4. The van der Waals surface area contributed by atoms with Crippen molar-refractivity contribution in [1.29, 1.82) is 0 Å². The van der Waals surface area contributed by atoms with Gasteiger partial charge in [0, 0.05) is 0 Å². The lowest BCUT2D eigenvalue weighted by molar-refractivity contribution is 0.0728. The highest BCUT2D eigenvalue weighted by Crippen LogP contribution is 2.28. The number of hydrogen-bond acceptors (Lipinski definition) is 4. The Bertz CT molecular complexity index is 909. The van der Waals surface area contributed by atoms with Gasteiger partial charge in [-0.15, -0.1) is 0 Å². The summed E-state index contributed by atoms with van der Waals surface area (Å²) in [7, 11) is 0. The van der Waals surface area contributed by atoms with Crippen LogP contribution in [0.4, 0.5) is 0 Å². The second-order valence-electron chi connectivity index (χ2n) is 5.83. The van der Waals surface area contributed by atoms with Crippen LogP contribution in [0.1, 0.15) is 15.9 Å². The minimum absolute atomic E-state index is 0.313. The third kappa shape index (κ3) is 5.34. The molecule has 0 aliphatic heterocycles. The van der Waals surface area contributed by atoms with Gasteiger partial charge in [0.15, 0.2) is 0 Å². The van der Waals surface area contributed by atoms with Crippen molar-refractivity contribution in [3.8, 4) is 17.2 Å². The van der Waals surface area contributed by atoms with Gasteiger partial charge in [-0.3, -0.25) is 0 Å². The van der Waals surface area contributed by atoms with E-state index in [9.17, 15) is 4.79 Å². The number of carbonyl (C=O) groups is 1. The summed E-state index contributed by atoms with van der Waals surface area (Å²) in [5, 5.41) is 0. The Hall–Kier alpha value is -2.79. The Morgan fingerprint density at radius 3 is 2.33 bits per heavy atom. The van der Waals surface area contributed by atoms with E-state index in [4.69, 9.17) is 14.2 Å². The maximum Gasteiger partial charge on any atom is 0.347 e. The van der Waals surface area contributed by atoms with E-state index in [-0.39, 0.29) is 0 Å². The average molecular weight is 427 g/mol. The fourth-order valence-corrected chi connectivity index (χ4v) is 3.01. The lowest BCUT2D eigenvalue weighted by atomic mass is 10.2. The van der Waals surface area contributed by atoms with E-state index in [1.54, 1.807) is 24.3 Å². The Labute approximate surface area is 166 Å². The number of esters is 1. The Balaban J connectivity index is 1.61. The third-order valence-electron chi connectivity index (χ3n) is 3.75. The molecule has 27 heavy (non-hydrogen) atoms. The molecule has 0 atom stereocenters. The molecule has 3 rings (SSSR count). The number of hydrogen-bond donors (Lipinski definition) is 0. The summed E-state index contributed by atoms with van der Waals surface area (Å²) in [6.45, 7) is 2.65. The van der Waals surface area contributed by atoms with Gasteiger partial charge in [0.05, 0.1) is 4.47 Å². The molecule has 3 aromatic carbocycles. The van der Waals surface area contributed by atoms with Gasteiger partial charge in [-0.25, -0.2) is 4.79 Å². The van der Waals surface area contributed by atoms with Crippen molar-refractivity contribution < 1.29 is 19.0 Å². The first-order chi connectivity index (χ1) is 13.1. The largest absolute Gasteiger partial charge is 0.490 e. The minimum atomic E-state index is -0.473. The van der Waals surface area contributed by atoms with Crippen molar-refractivity contribution in [2.24, 2.45) is 0 Å². The predicted octanol–water partition coefficient (Wildman–Crippen LogP) is 5.43. The van der Waals surface area contributed by atoms with Crippen molar-refractivity contribution in [2.45, 2.75) is 6.92 Å². The van der Waals surface area contributed by atoms with E-state index in [0.717, 1.165) is 15.8 Å². The monoisotopic (exact) mass is 426 g/mol. The zero-order valence-corrected chi connectivity index (χ0v) is 16.4. The summed E-state index contributed by atoms with van der Waals surface area (Å²) in [6, 6.07) is 22.0. The molecule has 0 aliphatic rings. The second-order valence-corrected chi connectivity index (χ2v) is 6.68. The van der Waals surface area contributed by atoms with Crippen LogP contribution in [0.25, 0.3) is 0 Å². The fourth-order valence-electron chi connectivity index (χ4n) is 2.43. The highest BCUT2D eigenvalue weighted by molar-refractivity contribution is 9.10. The summed E-state index contributed by atoms with van der Waals surface area (Å²) in [5.74, 6) is 1.23.